The Bertz CT molecular complexity index is 1430. The Morgan fingerprint density at radius 2 is 1.78 bits per heavy atom. The molecule has 188 valence electrons. The van der Waals surface area contributed by atoms with E-state index in [1.54, 1.807) is 57.5 Å². The zero-order chi connectivity index (χ0) is 26.0. The summed E-state index contributed by atoms with van der Waals surface area (Å²) in [6, 6.07) is 12.5. The van der Waals surface area contributed by atoms with Gasteiger partial charge in [-0.1, -0.05) is 12.1 Å². The highest BCUT2D eigenvalue weighted by atomic mass is 16.6. The Morgan fingerprint density at radius 1 is 1.03 bits per heavy atom. The molecule has 4 rings (SSSR count). The number of hydrogen-bond donors (Lipinski definition) is 1. The highest BCUT2D eigenvalue weighted by molar-refractivity contribution is 6.11. The summed E-state index contributed by atoms with van der Waals surface area (Å²) in [6.45, 7) is 9.20. The monoisotopic (exact) mass is 490 g/mol. The summed E-state index contributed by atoms with van der Waals surface area (Å²) >= 11 is 0. The maximum absolute atomic E-state index is 12.7. The number of carbonyl (C=O) groups is 2. The Labute approximate surface area is 209 Å². The molecule has 2 aromatic heterocycles. The topological polar surface area (TPSA) is 99.7 Å². The minimum Gasteiger partial charge on any atom is -0.458 e. The van der Waals surface area contributed by atoms with Crippen molar-refractivity contribution in [1.29, 1.82) is 0 Å². The second-order valence-electron chi connectivity index (χ2n) is 9.69. The van der Waals surface area contributed by atoms with Crippen LogP contribution in [0.15, 0.2) is 48.7 Å². The molecule has 0 atom stereocenters. The van der Waals surface area contributed by atoms with Gasteiger partial charge in [0.2, 0.25) is 0 Å². The summed E-state index contributed by atoms with van der Waals surface area (Å²) in [4.78, 5) is 33.2. The minimum absolute atomic E-state index is 0.173. The molecular formula is C28H30N2O6. The molecule has 0 spiro atoms. The molecule has 8 nitrogen and oxygen atoms in total. The number of ether oxygens (including phenoxy) is 4. The van der Waals surface area contributed by atoms with Crippen LogP contribution in [0.3, 0.4) is 0 Å². The number of carbonyl (C=O) groups excluding carboxylic acids is 2. The second-order valence-corrected chi connectivity index (χ2v) is 9.69. The quantitative estimate of drug-likeness (QED) is 0.309. The van der Waals surface area contributed by atoms with Crippen molar-refractivity contribution in [1.82, 2.24) is 9.97 Å². The third-order valence-electron chi connectivity index (χ3n) is 5.27. The van der Waals surface area contributed by atoms with Gasteiger partial charge in [0.15, 0.2) is 5.69 Å². The highest BCUT2D eigenvalue weighted by Gasteiger charge is 2.23. The molecular weight excluding hydrogens is 460 g/mol. The summed E-state index contributed by atoms with van der Waals surface area (Å²) in [6.07, 6.45) is 1.34. The van der Waals surface area contributed by atoms with Crippen molar-refractivity contribution < 1.29 is 28.5 Å². The van der Waals surface area contributed by atoms with E-state index in [0.29, 0.717) is 22.6 Å². The average molecular weight is 491 g/mol. The van der Waals surface area contributed by atoms with Gasteiger partial charge in [0.25, 0.3) is 0 Å². The van der Waals surface area contributed by atoms with Gasteiger partial charge < -0.3 is 23.9 Å². The number of nitrogens with one attached hydrogen (secondary N) is 1. The molecule has 36 heavy (non-hydrogen) atoms. The normalized spacial score (nSPS) is 11.8. The first kappa shape index (κ1) is 25.2. The van der Waals surface area contributed by atoms with Gasteiger partial charge in [-0.2, -0.15) is 0 Å². The van der Waals surface area contributed by atoms with Crippen LogP contribution in [0.5, 0.6) is 11.5 Å². The number of nitrogens with zero attached hydrogens (tertiary/aromatic N) is 1. The van der Waals surface area contributed by atoms with Crippen molar-refractivity contribution in [3.8, 4) is 11.5 Å². The first-order valence-electron chi connectivity index (χ1n) is 11.7. The SMILES string of the molecule is COCc1c(C(=O)OC(C)C)ncc2[nH]c3ccc(Oc4ccccc4C(=O)OC(C)(C)C)cc3c12. The fraction of sp³-hybridized carbons (Fsp3) is 0.321. The fourth-order valence-corrected chi connectivity index (χ4v) is 3.92. The van der Waals surface area contributed by atoms with Crippen molar-refractivity contribution in [2.24, 2.45) is 0 Å². The molecule has 0 saturated heterocycles. The van der Waals surface area contributed by atoms with Crippen LogP contribution in [0.4, 0.5) is 0 Å². The first-order chi connectivity index (χ1) is 17.1. The summed E-state index contributed by atoms with van der Waals surface area (Å²) in [7, 11) is 1.56. The van der Waals surface area contributed by atoms with Crippen LogP contribution < -0.4 is 4.74 Å². The largest absolute Gasteiger partial charge is 0.458 e. The lowest BCUT2D eigenvalue weighted by Gasteiger charge is -2.20. The number of aromatic nitrogens is 2. The van der Waals surface area contributed by atoms with Gasteiger partial charge in [-0.05, 0) is 65.0 Å². The van der Waals surface area contributed by atoms with E-state index in [1.165, 1.54) is 0 Å². The van der Waals surface area contributed by atoms with Gasteiger partial charge in [-0.25, -0.2) is 14.6 Å². The van der Waals surface area contributed by atoms with Gasteiger partial charge in [0.05, 0.1) is 24.4 Å². The first-order valence-corrected chi connectivity index (χ1v) is 11.7. The van der Waals surface area contributed by atoms with Gasteiger partial charge in [0, 0.05) is 29.0 Å². The standard InChI is InChI=1S/C28H30N2O6/c1-16(2)34-27(32)25-20(15-33-6)24-19-13-17(11-12-21(19)30-22(24)14-29-25)35-23-10-8-7-9-18(23)26(31)36-28(3,4)5/h7-14,16,30H,15H2,1-6H3. The predicted octanol–water partition coefficient (Wildman–Crippen LogP) is 6.18. The number of pyridine rings is 1. The van der Waals surface area contributed by atoms with E-state index in [1.807, 2.05) is 32.9 Å². The number of methoxy groups -OCH3 is 1. The molecule has 8 heteroatoms. The Balaban J connectivity index is 1.79. The molecule has 0 fully saturated rings. The number of aromatic amines is 1. The maximum atomic E-state index is 12.7. The molecule has 0 amide bonds. The van der Waals surface area contributed by atoms with Crippen molar-refractivity contribution in [2.75, 3.05) is 7.11 Å². The van der Waals surface area contributed by atoms with Crippen LogP contribution in [0.1, 0.15) is 61.0 Å². The smallest absolute Gasteiger partial charge is 0.357 e. The van der Waals surface area contributed by atoms with E-state index >= 15 is 0 Å². The molecule has 4 aromatic rings. The minimum atomic E-state index is -0.632. The number of H-pyrrole nitrogens is 1. The number of fused-ring (bicyclic) bond motifs is 3. The van der Waals surface area contributed by atoms with Crippen LogP contribution in [0.25, 0.3) is 21.8 Å². The van der Waals surface area contributed by atoms with Crippen molar-refractivity contribution >= 4 is 33.7 Å². The van der Waals surface area contributed by atoms with Gasteiger partial charge in [-0.3, -0.25) is 0 Å². The molecule has 0 unspecified atom stereocenters. The summed E-state index contributed by atoms with van der Waals surface area (Å²) < 4.78 is 22.5. The number of para-hydroxylation sites is 1. The van der Waals surface area contributed by atoms with Gasteiger partial charge >= 0.3 is 11.9 Å². The van der Waals surface area contributed by atoms with Gasteiger partial charge in [0.1, 0.15) is 22.7 Å². The summed E-state index contributed by atoms with van der Waals surface area (Å²) in [5.74, 6) is -0.0724. The van der Waals surface area contributed by atoms with E-state index in [0.717, 1.165) is 21.8 Å². The molecule has 1 N–H and O–H groups in total. The Hall–Kier alpha value is -3.91. The van der Waals surface area contributed by atoms with E-state index in [4.69, 9.17) is 18.9 Å². The molecule has 0 aliphatic carbocycles. The lowest BCUT2D eigenvalue weighted by Crippen LogP contribution is -2.24. The number of benzene rings is 2. The molecule has 2 heterocycles. The van der Waals surface area contributed by atoms with Crippen LogP contribution >= 0.6 is 0 Å². The summed E-state index contributed by atoms with van der Waals surface area (Å²) in [5, 5.41) is 1.62. The number of hydrogen-bond acceptors (Lipinski definition) is 7. The Morgan fingerprint density at radius 3 is 2.47 bits per heavy atom. The molecule has 0 saturated carbocycles. The third-order valence-corrected chi connectivity index (χ3v) is 5.27. The van der Waals surface area contributed by atoms with Crippen molar-refractivity contribution in [2.45, 2.75) is 52.9 Å². The lowest BCUT2D eigenvalue weighted by atomic mass is 10.1. The van der Waals surface area contributed by atoms with E-state index in [9.17, 15) is 9.59 Å². The molecule has 2 aromatic carbocycles. The van der Waals surface area contributed by atoms with Crippen molar-refractivity contribution in [3.63, 3.8) is 0 Å². The number of rotatable bonds is 7. The maximum Gasteiger partial charge on any atom is 0.357 e. The fourth-order valence-electron chi connectivity index (χ4n) is 3.92. The average Bonchev–Trinajstić information content (AvgIpc) is 3.16. The van der Waals surface area contributed by atoms with E-state index in [-0.39, 0.29) is 18.4 Å². The van der Waals surface area contributed by atoms with E-state index < -0.39 is 17.5 Å². The van der Waals surface area contributed by atoms with Crippen molar-refractivity contribution in [3.05, 3.63) is 65.5 Å². The van der Waals surface area contributed by atoms with E-state index in [2.05, 4.69) is 9.97 Å². The number of esters is 2. The molecule has 0 bridgehead atoms. The van der Waals surface area contributed by atoms with Crippen LogP contribution in [-0.4, -0.2) is 40.7 Å². The second kappa shape index (κ2) is 9.99. The molecule has 0 aliphatic rings. The van der Waals surface area contributed by atoms with Crippen LogP contribution in [-0.2, 0) is 20.8 Å². The molecule has 0 aliphatic heterocycles. The third kappa shape index (κ3) is 5.33. The zero-order valence-corrected chi connectivity index (χ0v) is 21.3. The van der Waals surface area contributed by atoms with Crippen LogP contribution in [0, 0.1) is 0 Å². The van der Waals surface area contributed by atoms with Crippen LogP contribution in [0.2, 0.25) is 0 Å². The predicted molar refractivity (Wildman–Crippen MR) is 137 cm³/mol. The zero-order valence-electron chi connectivity index (χ0n) is 21.3. The Kier molecular flexibility index (Phi) is 6.99. The molecule has 0 radical (unpaired) electrons. The highest BCUT2D eigenvalue weighted by Crippen LogP contribution is 2.35. The lowest BCUT2D eigenvalue weighted by molar-refractivity contribution is 0.00667. The van der Waals surface area contributed by atoms with Gasteiger partial charge in [-0.15, -0.1) is 0 Å². The summed E-state index contributed by atoms with van der Waals surface area (Å²) in [5.41, 5.74) is 2.12.